The summed E-state index contributed by atoms with van der Waals surface area (Å²) in [5.74, 6) is 1.73. The van der Waals surface area contributed by atoms with E-state index in [0.29, 0.717) is 0 Å². The number of rotatable bonds is 3. The summed E-state index contributed by atoms with van der Waals surface area (Å²) in [6.07, 6.45) is 1.82. The highest BCUT2D eigenvalue weighted by Crippen LogP contribution is 2.13. The molecule has 15 heavy (non-hydrogen) atoms. The van der Waals surface area contributed by atoms with Gasteiger partial charge in [-0.05, 0) is 17.7 Å². The van der Waals surface area contributed by atoms with Gasteiger partial charge < -0.3 is 9.47 Å². The smallest absolute Gasteiger partial charge is 0.187 e. The molecule has 3 nitrogen and oxygen atoms in total. The lowest BCUT2D eigenvalue weighted by atomic mass is 10.1. The first-order chi connectivity index (χ1) is 7.38. The van der Waals surface area contributed by atoms with Crippen LogP contribution in [0.3, 0.4) is 0 Å². The number of ether oxygens (including phenoxy) is 2. The molecule has 1 aromatic rings. The van der Waals surface area contributed by atoms with Gasteiger partial charge in [-0.25, -0.2) is 0 Å². The molecular weight excluding hydrogens is 190 g/mol. The van der Waals surface area contributed by atoms with Crippen molar-refractivity contribution in [3.05, 3.63) is 29.8 Å². The van der Waals surface area contributed by atoms with Gasteiger partial charge in [0.2, 0.25) is 0 Å². The number of benzene rings is 1. The molecule has 0 N–H and O–H groups in total. The fourth-order valence-electron chi connectivity index (χ4n) is 1.53. The van der Waals surface area contributed by atoms with Crippen LogP contribution in [-0.2, 0) is 11.2 Å². The standard InChI is InChI=1S/C12H15NO2/c1-14-11-5-3-10(4-6-11)9-12-13-7-2-8-15-12/h3-6H,2,7-9H2,1H3. The zero-order valence-electron chi connectivity index (χ0n) is 8.90. The van der Waals surface area contributed by atoms with Crippen molar-refractivity contribution in [1.29, 1.82) is 0 Å². The van der Waals surface area contributed by atoms with Gasteiger partial charge >= 0.3 is 0 Å². The Balaban J connectivity index is 2.00. The summed E-state index contributed by atoms with van der Waals surface area (Å²) in [5.41, 5.74) is 1.21. The van der Waals surface area contributed by atoms with Crippen molar-refractivity contribution in [3.8, 4) is 5.75 Å². The molecule has 0 atom stereocenters. The third-order valence-corrected chi connectivity index (χ3v) is 2.37. The molecule has 0 amide bonds. The lowest BCUT2D eigenvalue weighted by Crippen LogP contribution is -2.15. The zero-order chi connectivity index (χ0) is 10.5. The van der Waals surface area contributed by atoms with E-state index in [0.717, 1.165) is 37.6 Å². The van der Waals surface area contributed by atoms with E-state index in [1.807, 2.05) is 24.3 Å². The molecule has 3 heteroatoms. The Morgan fingerprint density at radius 1 is 1.33 bits per heavy atom. The largest absolute Gasteiger partial charge is 0.497 e. The number of hydrogen-bond acceptors (Lipinski definition) is 3. The van der Waals surface area contributed by atoms with Gasteiger partial charge in [-0.3, -0.25) is 4.99 Å². The highest BCUT2D eigenvalue weighted by atomic mass is 16.5. The predicted molar refractivity (Wildman–Crippen MR) is 59.6 cm³/mol. The van der Waals surface area contributed by atoms with E-state index >= 15 is 0 Å². The van der Waals surface area contributed by atoms with E-state index in [2.05, 4.69) is 4.99 Å². The second kappa shape index (κ2) is 4.82. The van der Waals surface area contributed by atoms with Crippen molar-refractivity contribution < 1.29 is 9.47 Å². The van der Waals surface area contributed by atoms with Gasteiger partial charge in [0.25, 0.3) is 0 Å². The summed E-state index contributed by atoms with van der Waals surface area (Å²) in [6.45, 7) is 1.69. The molecule has 0 fully saturated rings. The predicted octanol–water partition coefficient (Wildman–Crippen LogP) is 2.06. The average Bonchev–Trinajstić information content (AvgIpc) is 2.31. The highest BCUT2D eigenvalue weighted by molar-refractivity contribution is 5.79. The van der Waals surface area contributed by atoms with E-state index in [1.165, 1.54) is 5.56 Å². The van der Waals surface area contributed by atoms with E-state index in [4.69, 9.17) is 9.47 Å². The van der Waals surface area contributed by atoms with Crippen molar-refractivity contribution >= 4 is 5.90 Å². The summed E-state index contributed by atoms with van der Waals surface area (Å²) < 4.78 is 10.6. The topological polar surface area (TPSA) is 30.8 Å². The molecule has 2 rings (SSSR count). The summed E-state index contributed by atoms with van der Waals surface area (Å²) in [4.78, 5) is 4.33. The van der Waals surface area contributed by atoms with Crippen LogP contribution < -0.4 is 4.74 Å². The van der Waals surface area contributed by atoms with E-state index in [-0.39, 0.29) is 0 Å². The minimum absolute atomic E-state index is 0.782. The number of nitrogens with zero attached hydrogens (tertiary/aromatic N) is 1. The summed E-state index contributed by atoms with van der Waals surface area (Å²) in [5, 5.41) is 0. The van der Waals surface area contributed by atoms with E-state index < -0.39 is 0 Å². The van der Waals surface area contributed by atoms with Crippen LogP contribution in [0.25, 0.3) is 0 Å². The van der Waals surface area contributed by atoms with Crippen LogP contribution in [0.2, 0.25) is 0 Å². The monoisotopic (exact) mass is 205 g/mol. The van der Waals surface area contributed by atoms with Crippen molar-refractivity contribution in [3.63, 3.8) is 0 Å². The molecule has 0 radical (unpaired) electrons. The van der Waals surface area contributed by atoms with Crippen molar-refractivity contribution in [2.24, 2.45) is 4.99 Å². The molecular formula is C12H15NO2. The minimum Gasteiger partial charge on any atom is -0.497 e. The van der Waals surface area contributed by atoms with Crippen LogP contribution in [0.4, 0.5) is 0 Å². The summed E-state index contributed by atoms with van der Waals surface area (Å²) >= 11 is 0. The van der Waals surface area contributed by atoms with Gasteiger partial charge in [-0.2, -0.15) is 0 Å². The zero-order valence-corrected chi connectivity index (χ0v) is 8.90. The third kappa shape index (κ3) is 2.72. The van der Waals surface area contributed by atoms with E-state index in [1.54, 1.807) is 7.11 Å². The maximum Gasteiger partial charge on any atom is 0.187 e. The molecule has 0 saturated carbocycles. The molecule has 1 heterocycles. The molecule has 1 aliphatic heterocycles. The second-order valence-electron chi connectivity index (χ2n) is 3.50. The normalized spacial score (nSPS) is 15.4. The van der Waals surface area contributed by atoms with Gasteiger partial charge in [-0.1, -0.05) is 12.1 Å². The van der Waals surface area contributed by atoms with E-state index in [9.17, 15) is 0 Å². The van der Waals surface area contributed by atoms with Crippen molar-refractivity contribution in [1.82, 2.24) is 0 Å². The molecule has 0 saturated heterocycles. The molecule has 1 aliphatic rings. The molecule has 0 spiro atoms. The first-order valence-electron chi connectivity index (χ1n) is 5.17. The van der Waals surface area contributed by atoms with Crippen LogP contribution in [0, 0.1) is 0 Å². The maximum absolute atomic E-state index is 5.46. The Bertz CT molecular complexity index is 343. The molecule has 0 aromatic heterocycles. The van der Waals surface area contributed by atoms with Crippen LogP contribution >= 0.6 is 0 Å². The Morgan fingerprint density at radius 2 is 2.13 bits per heavy atom. The van der Waals surface area contributed by atoms with Gasteiger partial charge in [0.05, 0.1) is 13.7 Å². The number of aliphatic imine (C=N–C) groups is 1. The minimum atomic E-state index is 0.782. The fourth-order valence-corrected chi connectivity index (χ4v) is 1.53. The second-order valence-corrected chi connectivity index (χ2v) is 3.50. The van der Waals surface area contributed by atoms with Gasteiger partial charge in [-0.15, -0.1) is 0 Å². The van der Waals surface area contributed by atoms with Crippen molar-refractivity contribution in [2.75, 3.05) is 20.3 Å². The Kier molecular flexibility index (Phi) is 3.22. The Morgan fingerprint density at radius 3 is 2.73 bits per heavy atom. The third-order valence-electron chi connectivity index (χ3n) is 2.37. The van der Waals surface area contributed by atoms with Crippen LogP contribution in [0.5, 0.6) is 5.75 Å². The summed E-state index contributed by atoms with van der Waals surface area (Å²) in [6, 6.07) is 8.00. The SMILES string of the molecule is COc1ccc(CC2=NCCCO2)cc1. The molecule has 1 aromatic carbocycles. The fraction of sp³-hybridized carbons (Fsp3) is 0.417. The highest BCUT2D eigenvalue weighted by Gasteiger charge is 2.06. The average molecular weight is 205 g/mol. The lowest BCUT2D eigenvalue weighted by Gasteiger charge is -2.13. The molecule has 0 bridgehead atoms. The quantitative estimate of drug-likeness (QED) is 0.756. The van der Waals surface area contributed by atoms with Gasteiger partial charge in [0.15, 0.2) is 5.90 Å². The van der Waals surface area contributed by atoms with Gasteiger partial charge in [0.1, 0.15) is 5.75 Å². The number of hydrogen-bond donors (Lipinski definition) is 0. The Hall–Kier alpha value is -1.51. The maximum atomic E-state index is 5.46. The lowest BCUT2D eigenvalue weighted by molar-refractivity contribution is 0.276. The molecule has 80 valence electrons. The van der Waals surface area contributed by atoms with Crippen molar-refractivity contribution in [2.45, 2.75) is 12.8 Å². The first kappa shape index (κ1) is 10.0. The Labute approximate surface area is 89.7 Å². The van der Waals surface area contributed by atoms with Gasteiger partial charge in [0, 0.05) is 19.4 Å². The first-order valence-corrected chi connectivity index (χ1v) is 5.17. The van der Waals surface area contributed by atoms with Crippen LogP contribution in [-0.4, -0.2) is 26.2 Å². The molecule has 0 unspecified atom stereocenters. The number of methoxy groups -OCH3 is 1. The van der Waals surface area contributed by atoms with Crippen LogP contribution in [0.1, 0.15) is 12.0 Å². The van der Waals surface area contributed by atoms with Crippen LogP contribution in [0.15, 0.2) is 29.3 Å². The summed E-state index contributed by atoms with van der Waals surface area (Å²) in [7, 11) is 1.67. The molecule has 0 aliphatic carbocycles.